The number of rotatable bonds is 6. The van der Waals surface area contributed by atoms with E-state index in [9.17, 15) is 9.59 Å². The van der Waals surface area contributed by atoms with E-state index in [-0.39, 0.29) is 24.2 Å². The zero-order valence-corrected chi connectivity index (χ0v) is 11.9. The van der Waals surface area contributed by atoms with E-state index in [0.717, 1.165) is 32.8 Å². The van der Waals surface area contributed by atoms with Gasteiger partial charge in [-0.2, -0.15) is 0 Å². The predicted octanol–water partition coefficient (Wildman–Crippen LogP) is -1.19. The van der Waals surface area contributed by atoms with Crippen molar-refractivity contribution >= 4 is 11.9 Å². The third kappa shape index (κ3) is 4.80. The highest BCUT2D eigenvalue weighted by atomic mass is 16.5. The van der Waals surface area contributed by atoms with Gasteiger partial charge in [0.05, 0.1) is 19.4 Å². The van der Waals surface area contributed by atoms with E-state index in [1.807, 2.05) is 6.92 Å². The van der Waals surface area contributed by atoms with Gasteiger partial charge in [-0.25, -0.2) is 9.48 Å². The topological polar surface area (TPSA) is 110 Å². The van der Waals surface area contributed by atoms with Crippen LogP contribution in [0.3, 0.4) is 0 Å². The molecule has 1 amide bonds. The van der Waals surface area contributed by atoms with Gasteiger partial charge in [0.25, 0.3) is 0 Å². The molecular formula is C12H19N5O4. The second-order valence-electron chi connectivity index (χ2n) is 4.99. The van der Waals surface area contributed by atoms with Gasteiger partial charge in [0.1, 0.15) is 6.54 Å². The standard InChI is InChI=1S/C12H19N5O4/c1-9(6-16-2-4-21-5-3-16)13-11(18)8-17-7-10(12(19)20)14-15-17/h7,9H,2-6,8H2,1H3,(H,13,18)(H,19,20). The minimum Gasteiger partial charge on any atom is -0.476 e. The van der Waals surface area contributed by atoms with Gasteiger partial charge >= 0.3 is 5.97 Å². The molecule has 0 aromatic carbocycles. The fourth-order valence-corrected chi connectivity index (χ4v) is 2.16. The van der Waals surface area contributed by atoms with E-state index in [0.29, 0.717) is 0 Å². The number of aromatic nitrogens is 3. The molecule has 9 heteroatoms. The number of hydrogen-bond acceptors (Lipinski definition) is 6. The number of aromatic carboxylic acids is 1. The normalized spacial score (nSPS) is 17.4. The Labute approximate surface area is 121 Å². The van der Waals surface area contributed by atoms with Gasteiger partial charge in [-0.1, -0.05) is 5.21 Å². The smallest absolute Gasteiger partial charge is 0.358 e. The lowest BCUT2D eigenvalue weighted by Crippen LogP contribution is -2.46. The highest BCUT2D eigenvalue weighted by Crippen LogP contribution is 1.99. The Hall–Kier alpha value is -2.00. The van der Waals surface area contributed by atoms with Gasteiger partial charge in [0, 0.05) is 25.7 Å². The number of ether oxygens (including phenoxy) is 1. The summed E-state index contributed by atoms with van der Waals surface area (Å²) < 4.78 is 6.48. The van der Waals surface area contributed by atoms with Crippen LogP contribution in [0.1, 0.15) is 17.4 Å². The maximum atomic E-state index is 11.9. The molecule has 2 heterocycles. The van der Waals surface area contributed by atoms with Crippen LogP contribution in [0.5, 0.6) is 0 Å². The van der Waals surface area contributed by atoms with Crippen LogP contribution < -0.4 is 5.32 Å². The van der Waals surface area contributed by atoms with E-state index in [4.69, 9.17) is 9.84 Å². The molecule has 0 radical (unpaired) electrons. The van der Waals surface area contributed by atoms with Crippen LogP contribution in [0, 0.1) is 0 Å². The van der Waals surface area contributed by atoms with Gasteiger partial charge in [-0.15, -0.1) is 5.10 Å². The van der Waals surface area contributed by atoms with E-state index in [1.54, 1.807) is 0 Å². The molecule has 1 aromatic heterocycles. The van der Waals surface area contributed by atoms with Crippen molar-refractivity contribution in [3.05, 3.63) is 11.9 Å². The molecule has 1 saturated heterocycles. The van der Waals surface area contributed by atoms with Crippen LogP contribution in [0.2, 0.25) is 0 Å². The molecule has 21 heavy (non-hydrogen) atoms. The van der Waals surface area contributed by atoms with Crippen LogP contribution in [0.4, 0.5) is 0 Å². The zero-order valence-electron chi connectivity index (χ0n) is 11.9. The molecule has 0 spiro atoms. The Morgan fingerprint density at radius 1 is 1.48 bits per heavy atom. The molecule has 0 saturated carbocycles. The second-order valence-corrected chi connectivity index (χ2v) is 4.99. The molecule has 1 atom stereocenters. The summed E-state index contributed by atoms with van der Waals surface area (Å²) >= 11 is 0. The van der Waals surface area contributed by atoms with E-state index >= 15 is 0 Å². The molecule has 0 bridgehead atoms. The van der Waals surface area contributed by atoms with Crippen molar-refractivity contribution in [1.82, 2.24) is 25.2 Å². The lowest BCUT2D eigenvalue weighted by Gasteiger charge is -2.29. The van der Waals surface area contributed by atoms with Crippen molar-refractivity contribution < 1.29 is 19.4 Å². The van der Waals surface area contributed by atoms with E-state index in [1.165, 1.54) is 10.9 Å². The first-order valence-corrected chi connectivity index (χ1v) is 6.77. The summed E-state index contributed by atoms with van der Waals surface area (Å²) in [6, 6.07) is -0.00179. The molecule has 2 N–H and O–H groups in total. The quantitative estimate of drug-likeness (QED) is 0.679. The summed E-state index contributed by atoms with van der Waals surface area (Å²) in [6.45, 7) is 5.81. The van der Waals surface area contributed by atoms with Crippen molar-refractivity contribution in [2.45, 2.75) is 19.5 Å². The molecule has 9 nitrogen and oxygen atoms in total. The number of carboxylic acids is 1. The number of nitrogens with zero attached hydrogens (tertiary/aromatic N) is 4. The van der Waals surface area contributed by atoms with Crippen LogP contribution in [0.15, 0.2) is 6.20 Å². The maximum Gasteiger partial charge on any atom is 0.358 e. The lowest BCUT2D eigenvalue weighted by atomic mass is 10.3. The fourth-order valence-electron chi connectivity index (χ4n) is 2.16. The molecule has 1 aliphatic heterocycles. The maximum absolute atomic E-state index is 11.9. The first-order valence-electron chi connectivity index (χ1n) is 6.77. The van der Waals surface area contributed by atoms with Gasteiger partial charge in [0.2, 0.25) is 5.91 Å². The Kier molecular flexibility index (Phi) is 5.23. The third-order valence-corrected chi connectivity index (χ3v) is 3.11. The number of hydrogen-bond donors (Lipinski definition) is 2. The average Bonchev–Trinajstić information content (AvgIpc) is 2.88. The van der Waals surface area contributed by atoms with Gasteiger partial charge < -0.3 is 15.2 Å². The lowest BCUT2D eigenvalue weighted by molar-refractivity contribution is -0.122. The molecular weight excluding hydrogens is 278 g/mol. The largest absolute Gasteiger partial charge is 0.476 e. The van der Waals surface area contributed by atoms with Crippen molar-refractivity contribution in [1.29, 1.82) is 0 Å². The molecule has 0 aliphatic carbocycles. The van der Waals surface area contributed by atoms with Gasteiger partial charge in [0.15, 0.2) is 5.69 Å². The third-order valence-electron chi connectivity index (χ3n) is 3.11. The van der Waals surface area contributed by atoms with Crippen molar-refractivity contribution in [3.8, 4) is 0 Å². The zero-order chi connectivity index (χ0) is 15.2. The summed E-state index contributed by atoms with van der Waals surface area (Å²) in [6.07, 6.45) is 1.23. The molecule has 1 unspecified atom stereocenters. The van der Waals surface area contributed by atoms with Crippen LogP contribution in [0.25, 0.3) is 0 Å². The van der Waals surface area contributed by atoms with Crippen LogP contribution in [-0.4, -0.2) is 75.8 Å². The number of carbonyl (C=O) groups is 2. The van der Waals surface area contributed by atoms with Crippen LogP contribution in [-0.2, 0) is 16.1 Å². The van der Waals surface area contributed by atoms with Gasteiger partial charge in [-0.05, 0) is 6.92 Å². The van der Waals surface area contributed by atoms with Crippen molar-refractivity contribution in [3.63, 3.8) is 0 Å². The summed E-state index contributed by atoms with van der Waals surface area (Å²) in [5, 5.41) is 18.6. The highest BCUT2D eigenvalue weighted by Gasteiger charge is 2.16. The van der Waals surface area contributed by atoms with Crippen molar-refractivity contribution in [2.75, 3.05) is 32.8 Å². The fraction of sp³-hybridized carbons (Fsp3) is 0.667. The molecule has 1 aromatic rings. The number of carboxylic acid groups (broad SMARTS) is 1. The number of amides is 1. The monoisotopic (exact) mass is 297 g/mol. The first-order chi connectivity index (χ1) is 10.0. The second kappa shape index (κ2) is 7.14. The Morgan fingerprint density at radius 2 is 2.19 bits per heavy atom. The highest BCUT2D eigenvalue weighted by molar-refractivity contribution is 5.84. The van der Waals surface area contributed by atoms with Crippen LogP contribution >= 0.6 is 0 Å². The predicted molar refractivity (Wildman–Crippen MR) is 71.8 cm³/mol. The number of carbonyl (C=O) groups excluding carboxylic acids is 1. The molecule has 116 valence electrons. The summed E-state index contributed by atoms with van der Waals surface area (Å²) in [5.74, 6) is -1.39. The summed E-state index contributed by atoms with van der Waals surface area (Å²) in [7, 11) is 0. The van der Waals surface area contributed by atoms with E-state index in [2.05, 4.69) is 20.5 Å². The molecule has 2 rings (SSSR count). The summed E-state index contributed by atoms with van der Waals surface area (Å²) in [5.41, 5.74) is -0.177. The summed E-state index contributed by atoms with van der Waals surface area (Å²) in [4.78, 5) is 24.7. The van der Waals surface area contributed by atoms with Crippen molar-refractivity contribution in [2.24, 2.45) is 0 Å². The number of nitrogens with one attached hydrogen (secondary N) is 1. The molecule has 1 aliphatic rings. The minimum absolute atomic E-state index is 0.00179. The number of morpholine rings is 1. The Morgan fingerprint density at radius 3 is 2.81 bits per heavy atom. The Balaban J connectivity index is 1.76. The first kappa shape index (κ1) is 15.4. The Bertz CT molecular complexity index is 498. The SMILES string of the molecule is CC(CN1CCOCC1)NC(=O)Cn1cc(C(=O)O)nn1. The van der Waals surface area contributed by atoms with E-state index < -0.39 is 5.97 Å². The van der Waals surface area contributed by atoms with Gasteiger partial charge in [-0.3, -0.25) is 9.69 Å². The minimum atomic E-state index is -1.16. The molecule has 1 fully saturated rings. The average molecular weight is 297 g/mol.